The van der Waals surface area contributed by atoms with E-state index in [-0.39, 0.29) is 0 Å². The molecule has 1 aliphatic heterocycles. The first-order chi connectivity index (χ1) is 15.2. The molecule has 0 amide bonds. The molecule has 7 nitrogen and oxygen atoms in total. The molecule has 3 rings (SSSR count). The highest BCUT2D eigenvalue weighted by atomic mass is 16.5. The van der Waals surface area contributed by atoms with Crippen molar-refractivity contribution in [1.82, 2.24) is 15.5 Å². The summed E-state index contributed by atoms with van der Waals surface area (Å²) in [5.41, 5.74) is 3.77. The smallest absolute Gasteiger partial charge is 0.191 e. The van der Waals surface area contributed by atoms with E-state index < -0.39 is 0 Å². The van der Waals surface area contributed by atoms with Gasteiger partial charge in [0.1, 0.15) is 5.75 Å². The monoisotopic (exact) mass is 426 g/mol. The van der Waals surface area contributed by atoms with Gasteiger partial charge in [0.05, 0.1) is 27.9 Å². The second kappa shape index (κ2) is 11.5. The number of benzene rings is 2. The van der Waals surface area contributed by atoms with Crippen LogP contribution in [0.3, 0.4) is 0 Å². The molecule has 0 aliphatic carbocycles. The minimum Gasteiger partial charge on any atom is -0.497 e. The van der Waals surface area contributed by atoms with Crippen LogP contribution in [0.4, 0.5) is 0 Å². The van der Waals surface area contributed by atoms with Gasteiger partial charge >= 0.3 is 0 Å². The molecule has 0 saturated heterocycles. The Bertz CT molecular complexity index is 885. The Morgan fingerprint density at radius 3 is 2.48 bits per heavy atom. The predicted molar refractivity (Wildman–Crippen MR) is 124 cm³/mol. The molecule has 1 heterocycles. The van der Waals surface area contributed by atoms with Crippen LogP contribution in [0.25, 0.3) is 0 Å². The molecule has 7 heteroatoms. The molecule has 2 aromatic rings. The van der Waals surface area contributed by atoms with Gasteiger partial charge in [-0.25, -0.2) is 4.99 Å². The summed E-state index contributed by atoms with van der Waals surface area (Å²) in [6.45, 7) is 7.21. The third kappa shape index (κ3) is 6.28. The van der Waals surface area contributed by atoms with Gasteiger partial charge in [0.25, 0.3) is 0 Å². The van der Waals surface area contributed by atoms with Crippen LogP contribution in [-0.4, -0.2) is 58.4 Å². The van der Waals surface area contributed by atoms with E-state index in [0.29, 0.717) is 6.54 Å². The zero-order valence-electron chi connectivity index (χ0n) is 19.0. The summed E-state index contributed by atoms with van der Waals surface area (Å²) >= 11 is 0. The Kier molecular flexibility index (Phi) is 8.41. The maximum Gasteiger partial charge on any atom is 0.191 e. The van der Waals surface area contributed by atoms with Gasteiger partial charge in [-0.1, -0.05) is 12.1 Å². The summed E-state index contributed by atoms with van der Waals surface area (Å²) in [7, 11) is 5.05. The number of rotatable bonds is 9. The predicted octanol–water partition coefficient (Wildman–Crippen LogP) is 2.83. The lowest BCUT2D eigenvalue weighted by molar-refractivity contribution is 0.256. The Balaban J connectivity index is 1.54. The van der Waals surface area contributed by atoms with Crippen molar-refractivity contribution in [3.8, 4) is 17.2 Å². The van der Waals surface area contributed by atoms with Gasteiger partial charge in [0, 0.05) is 32.7 Å². The average molecular weight is 427 g/mol. The first-order valence-electron chi connectivity index (χ1n) is 10.8. The third-order valence-corrected chi connectivity index (χ3v) is 5.42. The molecule has 168 valence electrons. The number of nitrogens with zero attached hydrogens (tertiary/aromatic N) is 2. The molecule has 0 radical (unpaired) electrons. The number of ether oxygens (including phenoxy) is 3. The van der Waals surface area contributed by atoms with E-state index in [2.05, 4.69) is 40.7 Å². The van der Waals surface area contributed by atoms with E-state index >= 15 is 0 Å². The topological polar surface area (TPSA) is 67.4 Å². The van der Waals surface area contributed by atoms with Gasteiger partial charge in [-0.05, 0) is 54.3 Å². The summed E-state index contributed by atoms with van der Waals surface area (Å²) in [4.78, 5) is 7.16. The second-order valence-electron chi connectivity index (χ2n) is 7.48. The fraction of sp³-hybridized carbons (Fsp3) is 0.458. The van der Waals surface area contributed by atoms with Gasteiger partial charge in [-0.15, -0.1) is 0 Å². The number of methoxy groups -OCH3 is 3. The summed E-state index contributed by atoms with van der Waals surface area (Å²) in [6.07, 6.45) is 1.01. The van der Waals surface area contributed by atoms with Gasteiger partial charge in [-0.2, -0.15) is 0 Å². The van der Waals surface area contributed by atoms with Crippen LogP contribution < -0.4 is 24.8 Å². The van der Waals surface area contributed by atoms with Gasteiger partial charge in [0.15, 0.2) is 17.5 Å². The Labute approximate surface area is 185 Å². The van der Waals surface area contributed by atoms with Crippen molar-refractivity contribution in [2.45, 2.75) is 26.4 Å². The number of nitrogens with one attached hydrogen (secondary N) is 2. The number of guanidine groups is 1. The van der Waals surface area contributed by atoms with Crippen molar-refractivity contribution in [3.63, 3.8) is 0 Å². The fourth-order valence-corrected chi connectivity index (χ4v) is 3.75. The Morgan fingerprint density at radius 1 is 1.00 bits per heavy atom. The lowest BCUT2D eigenvalue weighted by atomic mass is 9.99. The van der Waals surface area contributed by atoms with Gasteiger partial charge in [-0.3, -0.25) is 4.90 Å². The molecule has 31 heavy (non-hydrogen) atoms. The highest BCUT2D eigenvalue weighted by Crippen LogP contribution is 2.33. The van der Waals surface area contributed by atoms with Crippen molar-refractivity contribution in [2.75, 3.05) is 47.5 Å². The van der Waals surface area contributed by atoms with Crippen LogP contribution in [0.2, 0.25) is 0 Å². The van der Waals surface area contributed by atoms with Crippen LogP contribution in [0.15, 0.2) is 41.4 Å². The zero-order chi connectivity index (χ0) is 22.1. The van der Waals surface area contributed by atoms with Crippen molar-refractivity contribution in [1.29, 1.82) is 0 Å². The number of aliphatic imine (C=N–C) groups is 1. The van der Waals surface area contributed by atoms with Crippen LogP contribution >= 0.6 is 0 Å². The molecular weight excluding hydrogens is 392 g/mol. The summed E-state index contributed by atoms with van der Waals surface area (Å²) in [5, 5.41) is 6.77. The average Bonchev–Trinajstić information content (AvgIpc) is 2.81. The minimum atomic E-state index is 0.602. The quantitative estimate of drug-likeness (QED) is 0.475. The SMILES string of the molecule is CCNC(=NCc1cccc(OC)c1)NCCN1CCc2cc(OC)c(OC)cc2C1. The molecule has 0 unspecified atom stereocenters. The minimum absolute atomic E-state index is 0.602. The number of fused-ring (bicyclic) bond motifs is 1. The molecular formula is C24H34N4O3. The molecule has 0 spiro atoms. The maximum absolute atomic E-state index is 5.47. The molecule has 2 aromatic carbocycles. The van der Waals surface area contributed by atoms with Gasteiger partial charge in [0.2, 0.25) is 0 Å². The third-order valence-electron chi connectivity index (χ3n) is 5.42. The first-order valence-corrected chi connectivity index (χ1v) is 10.8. The number of hydrogen-bond donors (Lipinski definition) is 2. The molecule has 2 N–H and O–H groups in total. The molecule has 0 aromatic heterocycles. The van der Waals surface area contributed by atoms with Gasteiger partial charge < -0.3 is 24.8 Å². The van der Waals surface area contributed by atoms with E-state index in [9.17, 15) is 0 Å². The van der Waals surface area contributed by atoms with Crippen LogP contribution in [0.1, 0.15) is 23.6 Å². The van der Waals surface area contributed by atoms with Crippen LogP contribution in [-0.2, 0) is 19.5 Å². The van der Waals surface area contributed by atoms with E-state index in [1.165, 1.54) is 11.1 Å². The molecule has 0 bridgehead atoms. The fourth-order valence-electron chi connectivity index (χ4n) is 3.75. The van der Waals surface area contributed by atoms with Crippen molar-refractivity contribution < 1.29 is 14.2 Å². The van der Waals surface area contributed by atoms with Crippen molar-refractivity contribution in [3.05, 3.63) is 53.1 Å². The molecule has 0 saturated carbocycles. The largest absolute Gasteiger partial charge is 0.497 e. The molecule has 0 atom stereocenters. The Hall–Kier alpha value is -2.93. The highest BCUT2D eigenvalue weighted by molar-refractivity contribution is 5.79. The molecule has 1 aliphatic rings. The highest BCUT2D eigenvalue weighted by Gasteiger charge is 2.19. The van der Waals surface area contributed by atoms with E-state index in [1.807, 2.05) is 18.2 Å². The van der Waals surface area contributed by atoms with Crippen molar-refractivity contribution >= 4 is 5.96 Å². The lowest BCUT2D eigenvalue weighted by Gasteiger charge is -2.29. The van der Waals surface area contributed by atoms with E-state index in [4.69, 9.17) is 19.2 Å². The summed E-state index contributed by atoms with van der Waals surface area (Å²) < 4.78 is 16.2. The zero-order valence-corrected chi connectivity index (χ0v) is 19.0. The first kappa shape index (κ1) is 22.7. The number of hydrogen-bond acceptors (Lipinski definition) is 5. The van der Waals surface area contributed by atoms with E-state index in [1.54, 1.807) is 21.3 Å². The Morgan fingerprint density at radius 2 is 1.77 bits per heavy atom. The lowest BCUT2D eigenvalue weighted by Crippen LogP contribution is -2.42. The second-order valence-corrected chi connectivity index (χ2v) is 7.48. The van der Waals surface area contributed by atoms with Crippen molar-refractivity contribution in [2.24, 2.45) is 4.99 Å². The van der Waals surface area contributed by atoms with E-state index in [0.717, 1.165) is 67.9 Å². The maximum atomic E-state index is 5.47. The molecule has 0 fully saturated rings. The summed E-state index contributed by atoms with van der Waals surface area (Å²) in [5.74, 6) is 3.28. The van der Waals surface area contributed by atoms with Crippen LogP contribution in [0, 0.1) is 0 Å². The summed E-state index contributed by atoms with van der Waals surface area (Å²) in [6, 6.07) is 12.2. The standard InChI is InChI=1S/C24H34N4O3/c1-5-25-24(27-16-18-7-6-8-21(13-18)29-2)26-10-12-28-11-9-19-14-22(30-3)23(31-4)15-20(19)17-28/h6-8,13-15H,5,9-12,16-17H2,1-4H3,(H2,25,26,27). The normalized spacial score (nSPS) is 14.0. The van der Waals surface area contributed by atoms with Crippen LogP contribution in [0.5, 0.6) is 17.2 Å².